The van der Waals surface area contributed by atoms with E-state index in [1.165, 1.54) is 270 Å². The van der Waals surface area contributed by atoms with Gasteiger partial charge in [0, 0.05) is 183 Å². The molecule has 27 heteroatoms. The molecule has 4 aliphatic carbocycles. The molecule has 1 fully saturated rings. The molecule has 18 aromatic rings. The van der Waals surface area contributed by atoms with Crippen LogP contribution in [0.1, 0.15) is 153 Å². The van der Waals surface area contributed by atoms with Gasteiger partial charge in [-0.1, -0.05) is 146 Å². The molecule has 24 nitrogen and oxygen atoms in total. The zero-order chi connectivity index (χ0) is 94.1. The van der Waals surface area contributed by atoms with Gasteiger partial charge < -0.3 is 55.2 Å². The number of aryl methyl sites for hydroxylation is 14. The number of hydrogen-bond donors (Lipinski definition) is 8. The average molecular weight is 1900 g/mol. The second kappa shape index (κ2) is 52.2. The van der Waals surface area contributed by atoms with Crippen molar-refractivity contribution < 1.29 is 0 Å². The van der Waals surface area contributed by atoms with Crippen LogP contribution in [0, 0.1) is 0 Å². The summed E-state index contributed by atoms with van der Waals surface area (Å²) in [4.78, 5) is 55.0. The summed E-state index contributed by atoms with van der Waals surface area (Å²) in [6.07, 6.45) is 59.4. The normalized spacial score (nSPS) is 15.1. The second-order valence-electron chi connectivity index (χ2n) is 34.9. The number of H-pyrrole nitrogens is 4. The third-order valence-corrected chi connectivity index (χ3v) is 28.3. The van der Waals surface area contributed by atoms with Crippen molar-refractivity contribution >= 4 is 114 Å². The van der Waals surface area contributed by atoms with Crippen LogP contribution in [0.25, 0.3) is 38.9 Å². The lowest BCUT2D eigenvalue weighted by Crippen LogP contribution is -2.26. The SMILES string of the molecule is C1=CN=C2CCCN2C1.C1=Cc2ccccc2C1.C1=NCc2cc[nH]c2N1.C1=NCc2ccsc2N1.c1cc2n(n1)CCC2.c1ccc2[nH]ccc2c1.c1ccc2[nH]ccc2c1.c1ccc2[nH]cnc2c1.c1ccc2c(c1)CCC2.c1ccc2c(c1)CCN2.c1ccc2c(c1)CCN2.c1cn2c(n1)CCC2.c1cn2c(n1)CCC2.c1nc2c(s1)CCC2.c1nc2c(s1)CCCC2.c1nc2n(n1)CCC2. The van der Waals surface area contributed by atoms with Gasteiger partial charge in [-0.2, -0.15) is 10.2 Å². The fraction of sp³-hybridized carbons (Fsp3) is 0.295. The van der Waals surface area contributed by atoms with Gasteiger partial charge in [0.15, 0.2) is 0 Å². The van der Waals surface area contributed by atoms with Gasteiger partial charge in [-0.15, -0.1) is 34.0 Å². The van der Waals surface area contributed by atoms with Crippen LogP contribution >= 0.6 is 34.0 Å². The van der Waals surface area contributed by atoms with Gasteiger partial charge in [-0.3, -0.25) is 19.3 Å². The van der Waals surface area contributed by atoms with Crippen molar-refractivity contribution in [1.82, 2.24) is 83.4 Å². The summed E-state index contributed by atoms with van der Waals surface area (Å²) in [7, 11) is 0. The van der Waals surface area contributed by atoms with Crippen molar-refractivity contribution in [2.24, 2.45) is 15.0 Å². The van der Waals surface area contributed by atoms with Crippen molar-refractivity contribution in [1.29, 1.82) is 0 Å². The number of imidazole rings is 3. The molecule has 8 N–H and O–H groups in total. The van der Waals surface area contributed by atoms with Gasteiger partial charge in [-0.05, 0) is 244 Å². The van der Waals surface area contributed by atoms with Gasteiger partial charge in [0.05, 0.1) is 70.5 Å². The number of anilines is 4. The molecular weight excluding hydrogens is 1780 g/mol. The van der Waals surface area contributed by atoms with E-state index in [1.807, 2.05) is 137 Å². The van der Waals surface area contributed by atoms with Gasteiger partial charge in [0.2, 0.25) is 0 Å². The number of aromatic nitrogens is 16. The molecule has 0 bridgehead atoms. The highest BCUT2D eigenvalue weighted by molar-refractivity contribution is 7.14. The first-order valence-electron chi connectivity index (χ1n) is 49.2. The first-order chi connectivity index (χ1) is 69.0. The van der Waals surface area contributed by atoms with Crippen LogP contribution in [0.3, 0.4) is 0 Å². The molecular formula is C112H126N24S3. The van der Waals surface area contributed by atoms with Gasteiger partial charge in [0.1, 0.15) is 35.5 Å². The van der Waals surface area contributed by atoms with E-state index in [1.54, 1.807) is 59.1 Å². The molecule has 0 unspecified atom stereocenters. The summed E-state index contributed by atoms with van der Waals surface area (Å²) in [5.74, 6) is 6.02. The summed E-state index contributed by atoms with van der Waals surface area (Å²) < 4.78 is 8.44. The number of allylic oxidation sites excluding steroid dienone is 1. The molecule has 7 aromatic carbocycles. The van der Waals surface area contributed by atoms with Crippen LogP contribution in [0.4, 0.5) is 22.2 Å². The zero-order valence-electron chi connectivity index (χ0n) is 79.2. The number of thiazole rings is 2. The number of nitrogens with zero attached hydrogens (tertiary/aromatic N) is 16. The fourth-order valence-electron chi connectivity index (χ4n) is 18.2. The summed E-state index contributed by atoms with van der Waals surface area (Å²) in [5, 5.41) is 26.6. The highest BCUT2D eigenvalue weighted by Crippen LogP contribution is 2.29. The molecule has 21 heterocycles. The molecule has 712 valence electrons. The number of aromatic amines is 4. The predicted molar refractivity (Wildman–Crippen MR) is 575 cm³/mol. The maximum Gasteiger partial charge on any atom is 0.138 e. The lowest BCUT2D eigenvalue weighted by Gasteiger charge is -2.18. The van der Waals surface area contributed by atoms with E-state index in [9.17, 15) is 0 Å². The zero-order valence-corrected chi connectivity index (χ0v) is 81.7. The lowest BCUT2D eigenvalue weighted by atomic mass is 10.0. The lowest BCUT2D eigenvalue weighted by molar-refractivity contribution is 0.497. The Hall–Kier alpha value is -14.4. The average Bonchev–Trinajstić information content (AvgIpc) is 1.72. The Labute approximate surface area is 826 Å². The van der Waals surface area contributed by atoms with Crippen LogP contribution in [-0.4, -0.2) is 128 Å². The third-order valence-electron chi connectivity index (χ3n) is 25.6. The number of rotatable bonds is 0. The van der Waals surface area contributed by atoms with E-state index in [4.69, 9.17) is 0 Å². The van der Waals surface area contributed by atoms with E-state index < -0.39 is 0 Å². The van der Waals surface area contributed by atoms with E-state index in [2.05, 4.69) is 284 Å². The standard InChI is InChI=1S/C9H10.C9H8.2C8H9N.2C8H7N.C7H10N2.C7H6N2.C7H9NS.C6H7N3.C6H6N2S.3C6H8N2.C6H7NS.C5H7N3/c2*1-2-5-9-7-3-6-8(9)4-1;4*1-2-4-8-7(3-1)5-6-9-8;1-3-7-8-4-2-6-9(7)5-1;2*1-2-4-7-6(3-1)8-5-9-7;1-2-8-6-5(1)3-7-4-9-6;1-2-9-6-5(1)3-7-4-8-6;1-2-6-3-4-7-8(6)5-1;2*1-2-6-7-3-5-8(6)4-1;1-2-5-6(3-1)8-4-7-5;1-2-5-6-4-7-8(5)3-1/h1-2,4-5H,3,6-7H2;1-6H,7H2;2*1-4,9H,5-6H2;2*1-6,9H;2,4H,1,3,5-6H2;1-5H,(H,8,9);5H,1-4H2;1-2,4,8H,3H2,(H,7,9);1-2,4H,3H2,(H,7,8);3-4H,1-2,5H2;2*3,5H,1-2,4H2;2*4H,1-3H2. The maximum absolute atomic E-state index is 4.28. The van der Waals surface area contributed by atoms with Crippen LogP contribution in [0.15, 0.2) is 312 Å². The van der Waals surface area contributed by atoms with E-state index in [0.29, 0.717) is 0 Å². The summed E-state index contributed by atoms with van der Waals surface area (Å²) in [6, 6.07) is 68.9. The number of para-hydroxylation sites is 6. The molecule has 0 saturated carbocycles. The van der Waals surface area contributed by atoms with E-state index in [-0.39, 0.29) is 0 Å². The molecule has 1 saturated heterocycles. The highest BCUT2D eigenvalue weighted by Gasteiger charge is 2.20. The van der Waals surface area contributed by atoms with Crippen LogP contribution in [-0.2, 0) is 123 Å². The van der Waals surface area contributed by atoms with Crippen molar-refractivity contribution in [3.8, 4) is 0 Å². The molecule has 0 atom stereocenters. The van der Waals surface area contributed by atoms with Crippen molar-refractivity contribution in [2.45, 2.75) is 187 Å². The van der Waals surface area contributed by atoms with Crippen LogP contribution < -0.4 is 21.3 Å². The van der Waals surface area contributed by atoms with Gasteiger partial charge >= 0.3 is 0 Å². The molecule has 0 spiro atoms. The Kier molecular flexibility index (Phi) is 36.2. The molecule has 14 aliphatic rings. The minimum atomic E-state index is 0.797. The number of hydrogen-bond acceptors (Lipinski definition) is 19. The number of nitrogens with one attached hydrogen (secondary N) is 8. The number of aliphatic imine (C=N–C) groups is 3. The largest absolute Gasteiger partial charge is 0.384 e. The smallest absolute Gasteiger partial charge is 0.138 e. The Morgan fingerprint density at radius 3 is 1.58 bits per heavy atom. The number of thiophene rings is 1. The quantitative estimate of drug-likeness (QED) is 0.0702. The second-order valence-corrected chi connectivity index (χ2v) is 37.7. The van der Waals surface area contributed by atoms with Crippen molar-refractivity contribution in [3.05, 3.63) is 386 Å². The minimum absolute atomic E-state index is 0.797. The number of fused-ring (bicyclic) bond motifs is 16. The van der Waals surface area contributed by atoms with Crippen LogP contribution in [0.5, 0.6) is 0 Å². The Balaban J connectivity index is 0.000000102. The van der Waals surface area contributed by atoms with E-state index >= 15 is 0 Å². The fourth-order valence-corrected chi connectivity index (χ4v) is 20.7. The molecule has 11 aromatic heterocycles. The topological polar surface area (TPSA) is 274 Å². The number of amidine groups is 1. The van der Waals surface area contributed by atoms with Crippen molar-refractivity contribution in [3.63, 3.8) is 0 Å². The molecule has 0 amide bonds. The molecule has 32 rings (SSSR count). The molecule has 10 aliphatic heterocycles. The Morgan fingerprint density at radius 2 is 0.942 bits per heavy atom. The summed E-state index contributed by atoms with van der Waals surface area (Å²) in [6.45, 7) is 10.7. The highest BCUT2D eigenvalue weighted by atomic mass is 32.1. The van der Waals surface area contributed by atoms with Crippen LogP contribution in [0.2, 0.25) is 0 Å². The van der Waals surface area contributed by atoms with E-state index in [0.717, 1.165) is 81.3 Å². The first kappa shape index (κ1) is 96.3. The molecule has 139 heavy (non-hydrogen) atoms. The summed E-state index contributed by atoms with van der Waals surface area (Å²) >= 11 is 5.34. The van der Waals surface area contributed by atoms with Crippen molar-refractivity contribution in [2.75, 3.05) is 47.4 Å². The minimum Gasteiger partial charge on any atom is -0.384 e. The molecule has 0 radical (unpaired) electrons. The predicted octanol–water partition coefficient (Wildman–Crippen LogP) is 23.7. The van der Waals surface area contributed by atoms with Gasteiger partial charge in [0.25, 0.3) is 0 Å². The number of benzene rings is 7. The van der Waals surface area contributed by atoms with Gasteiger partial charge in [-0.25, -0.2) is 34.9 Å². The Morgan fingerprint density at radius 1 is 0.367 bits per heavy atom. The maximum atomic E-state index is 4.28. The monoisotopic (exact) mass is 1900 g/mol. The first-order valence-corrected chi connectivity index (χ1v) is 51.9. The Bertz CT molecular complexity index is 5970. The third kappa shape index (κ3) is 28.6. The summed E-state index contributed by atoms with van der Waals surface area (Å²) in [5.41, 5.74) is 26.6.